The van der Waals surface area contributed by atoms with Gasteiger partial charge in [0.1, 0.15) is 11.9 Å². The first-order valence-corrected chi connectivity index (χ1v) is 10.5. The largest absolute Gasteiger partial charge is 0.497 e. The van der Waals surface area contributed by atoms with E-state index in [4.69, 9.17) is 9.47 Å². The van der Waals surface area contributed by atoms with Crippen molar-refractivity contribution in [3.05, 3.63) is 95.6 Å². The lowest BCUT2D eigenvalue weighted by Gasteiger charge is -2.19. The van der Waals surface area contributed by atoms with Crippen LogP contribution < -0.4 is 15.4 Å². The number of carbonyl (C=O) groups is 2. The van der Waals surface area contributed by atoms with Crippen LogP contribution in [-0.4, -0.2) is 25.0 Å². The van der Waals surface area contributed by atoms with Gasteiger partial charge in [0.2, 0.25) is 5.91 Å². The van der Waals surface area contributed by atoms with E-state index in [0.717, 1.165) is 16.9 Å². The van der Waals surface area contributed by atoms with Gasteiger partial charge in [0.15, 0.2) is 0 Å². The molecule has 0 spiro atoms. The Balaban J connectivity index is 1.55. The summed E-state index contributed by atoms with van der Waals surface area (Å²) in [6.07, 6.45) is -0.621. The number of nitrogens with one attached hydrogen (secondary N) is 2. The maximum atomic E-state index is 12.6. The second-order valence-corrected chi connectivity index (χ2v) is 7.48. The summed E-state index contributed by atoms with van der Waals surface area (Å²) < 4.78 is 10.9. The molecular formula is C26H28N2O4. The summed E-state index contributed by atoms with van der Waals surface area (Å²) in [5, 5.41) is 5.86. The van der Waals surface area contributed by atoms with Gasteiger partial charge in [-0.25, -0.2) is 0 Å². The fraction of sp³-hybridized carbons (Fsp3) is 0.231. The summed E-state index contributed by atoms with van der Waals surface area (Å²) in [6, 6.07) is 23.7. The van der Waals surface area contributed by atoms with Crippen molar-refractivity contribution in [3.63, 3.8) is 0 Å². The summed E-state index contributed by atoms with van der Waals surface area (Å²) in [7, 11) is 1.61. The van der Waals surface area contributed by atoms with E-state index in [2.05, 4.69) is 10.6 Å². The third-order valence-corrected chi connectivity index (χ3v) is 5.04. The molecule has 0 aliphatic heterocycles. The molecule has 0 bridgehead atoms. The zero-order valence-corrected chi connectivity index (χ0v) is 18.5. The van der Waals surface area contributed by atoms with E-state index in [0.29, 0.717) is 17.9 Å². The normalized spacial score (nSPS) is 12.5. The quantitative estimate of drug-likeness (QED) is 0.513. The number of methoxy groups -OCH3 is 1. The van der Waals surface area contributed by atoms with Gasteiger partial charge in [-0.15, -0.1) is 0 Å². The van der Waals surface area contributed by atoms with E-state index in [1.807, 2.05) is 73.7 Å². The van der Waals surface area contributed by atoms with Crippen molar-refractivity contribution in [2.45, 2.75) is 32.6 Å². The Morgan fingerprint density at radius 2 is 1.66 bits per heavy atom. The third kappa shape index (κ3) is 6.43. The molecule has 0 fully saturated rings. The van der Waals surface area contributed by atoms with E-state index in [9.17, 15) is 9.59 Å². The topological polar surface area (TPSA) is 76.7 Å². The molecule has 0 aromatic heterocycles. The SMILES string of the molecule is COc1cccc(COC(C)C(=O)NC(C)c2cccc(NC(=O)c3ccccc3)c2)c1. The minimum absolute atomic E-state index is 0.181. The fourth-order valence-corrected chi connectivity index (χ4v) is 3.15. The Morgan fingerprint density at radius 1 is 0.906 bits per heavy atom. The lowest BCUT2D eigenvalue weighted by atomic mass is 10.1. The number of hydrogen-bond donors (Lipinski definition) is 2. The Bertz CT molecular complexity index is 1050. The van der Waals surface area contributed by atoms with Crippen LogP contribution in [-0.2, 0) is 16.1 Å². The van der Waals surface area contributed by atoms with E-state index in [-0.39, 0.29) is 17.9 Å². The van der Waals surface area contributed by atoms with Crippen molar-refractivity contribution < 1.29 is 19.1 Å². The average Bonchev–Trinajstić information content (AvgIpc) is 2.83. The third-order valence-electron chi connectivity index (χ3n) is 5.04. The molecule has 0 saturated heterocycles. The van der Waals surface area contributed by atoms with Crippen LogP contribution in [0.15, 0.2) is 78.9 Å². The molecule has 0 heterocycles. The van der Waals surface area contributed by atoms with Crippen LogP contribution in [0, 0.1) is 0 Å². The second kappa shape index (κ2) is 11.1. The molecule has 2 atom stereocenters. The molecule has 3 aromatic rings. The van der Waals surface area contributed by atoms with E-state index < -0.39 is 6.10 Å². The number of benzene rings is 3. The maximum absolute atomic E-state index is 12.6. The number of hydrogen-bond acceptors (Lipinski definition) is 4. The van der Waals surface area contributed by atoms with Gasteiger partial charge in [-0.3, -0.25) is 9.59 Å². The predicted octanol–water partition coefficient (Wildman–Crippen LogP) is 4.73. The van der Waals surface area contributed by atoms with Crippen LogP contribution in [0.25, 0.3) is 0 Å². The number of amides is 2. The summed E-state index contributed by atoms with van der Waals surface area (Å²) in [6.45, 7) is 3.92. The maximum Gasteiger partial charge on any atom is 0.255 e. The molecule has 0 saturated carbocycles. The van der Waals surface area contributed by atoms with Crippen LogP contribution in [0.5, 0.6) is 5.75 Å². The summed E-state index contributed by atoms with van der Waals surface area (Å²) in [5.74, 6) is 0.356. The molecule has 0 aliphatic carbocycles. The molecule has 32 heavy (non-hydrogen) atoms. The number of anilines is 1. The molecule has 2 N–H and O–H groups in total. The lowest BCUT2D eigenvalue weighted by Crippen LogP contribution is -2.36. The van der Waals surface area contributed by atoms with Crippen molar-refractivity contribution in [1.29, 1.82) is 0 Å². The summed E-state index contributed by atoms with van der Waals surface area (Å²) >= 11 is 0. The molecule has 0 aliphatic rings. The lowest BCUT2D eigenvalue weighted by molar-refractivity contribution is -0.133. The number of carbonyl (C=O) groups excluding carboxylic acids is 2. The smallest absolute Gasteiger partial charge is 0.255 e. The van der Waals surface area contributed by atoms with Crippen molar-refractivity contribution in [2.75, 3.05) is 12.4 Å². The highest BCUT2D eigenvalue weighted by molar-refractivity contribution is 6.04. The van der Waals surface area contributed by atoms with Gasteiger partial charge in [0, 0.05) is 11.3 Å². The average molecular weight is 433 g/mol. The molecule has 0 radical (unpaired) electrons. The van der Waals surface area contributed by atoms with E-state index in [1.54, 1.807) is 26.2 Å². The van der Waals surface area contributed by atoms with Crippen LogP contribution in [0.4, 0.5) is 5.69 Å². The van der Waals surface area contributed by atoms with Crippen molar-refractivity contribution >= 4 is 17.5 Å². The van der Waals surface area contributed by atoms with Crippen molar-refractivity contribution in [2.24, 2.45) is 0 Å². The van der Waals surface area contributed by atoms with Crippen LogP contribution in [0.1, 0.15) is 41.4 Å². The molecule has 166 valence electrons. The van der Waals surface area contributed by atoms with Gasteiger partial charge < -0.3 is 20.1 Å². The molecule has 6 nitrogen and oxygen atoms in total. The number of rotatable bonds is 9. The number of ether oxygens (including phenoxy) is 2. The Hall–Kier alpha value is -3.64. The first kappa shape index (κ1) is 23.0. The zero-order valence-electron chi connectivity index (χ0n) is 18.5. The van der Waals surface area contributed by atoms with Gasteiger partial charge in [0.25, 0.3) is 5.91 Å². The van der Waals surface area contributed by atoms with Crippen LogP contribution in [0.3, 0.4) is 0 Å². The molecule has 3 rings (SSSR count). The molecular weight excluding hydrogens is 404 g/mol. The first-order chi connectivity index (χ1) is 15.5. The Kier molecular flexibility index (Phi) is 8.00. The fourth-order valence-electron chi connectivity index (χ4n) is 3.15. The monoisotopic (exact) mass is 432 g/mol. The van der Waals surface area contributed by atoms with Gasteiger partial charge in [0.05, 0.1) is 19.8 Å². The van der Waals surface area contributed by atoms with E-state index >= 15 is 0 Å². The summed E-state index contributed by atoms with van der Waals surface area (Å²) in [4.78, 5) is 25.0. The van der Waals surface area contributed by atoms with Crippen LogP contribution >= 0.6 is 0 Å². The van der Waals surface area contributed by atoms with Gasteiger partial charge in [-0.2, -0.15) is 0 Å². The highest BCUT2D eigenvalue weighted by atomic mass is 16.5. The van der Waals surface area contributed by atoms with Gasteiger partial charge in [-0.05, 0) is 61.4 Å². The predicted molar refractivity (Wildman–Crippen MR) is 125 cm³/mol. The molecule has 6 heteroatoms. The molecule has 2 amide bonds. The standard InChI is InChI=1S/C26H28N2O4/c1-18(27-25(29)19(2)32-17-20-9-7-14-24(15-20)31-3)22-12-8-13-23(16-22)28-26(30)21-10-5-4-6-11-21/h4-16,18-19H,17H2,1-3H3,(H,27,29)(H,28,30). The minimum Gasteiger partial charge on any atom is -0.497 e. The second-order valence-electron chi connectivity index (χ2n) is 7.48. The Labute approximate surface area is 188 Å². The highest BCUT2D eigenvalue weighted by Gasteiger charge is 2.17. The van der Waals surface area contributed by atoms with Gasteiger partial charge >= 0.3 is 0 Å². The summed E-state index contributed by atoms with van der Waals surface area (Å²) in [5.41, 5.74) is 3.06. The zero-order chi connectivity index (χ0) is 22.9. The Morgan fingerprint density at radius 3 is 2.41 bits per heavy atom. The van der Waals surface area contributed by atoms with E-state index in [1.165, 1.54) is 0 Å². The highest BCUT2D eigenvalue weighted by Crippen LogP contribution is 2.19. The minimum atomic E-state index is -0.621. The van der Waals surface area contributed by atoms with Crippen molar-refractivity contribution in [1.82, 2.24) is 5.32 Å². The van der Waals surface area contributed by atoms with Crippen molar-refractivity contribution in [3.8, 4) is 5.75 Å². The molecule has 3 aromatic carbocycles. The van der Waals surface area contributed by atoms with Crippen LogP contribution in [0.2, 0.25) is 0 Å². The molecule has 2 unspecified atom stereocenters. The van der Waals surface area contributed by atoms with Gasteiger partial charge in [-0.1, -0.05) is 42.5 Å². The first-order valence-electron chi connectivity index (χ1n) is 10.5.